The van der Waals surface area contributed by atoms with E-state index in [0.29, 0.717) is 32.3 Å². The average Bonchev–Trinajstić information content (AvgIpc) is 2.69. The first kappa shape index (κ1) is 18.7. The Labute approximate surface area is 176 Å². The second kappa shape index (κ2) is 8.15. The Morgan fingerprint density at radius 1 is 0.821 bits per heavy atom. The summed E-state index contributed by atoms with van der Waals surface area (Å²) in [6.07, 6.45) is 1.65. The first-order valence-corrected chi connectivity index (χ1v) is 9.51. The molecular formula is C21H13Cl3N4. The van der Waals surface area contributed by atoms with Crippen molar-refractivity contribution in [3.8, 4) is 11.4 Å². The average molecular weight is 428 g/mol. The summed E-state index contributed by atoms with van der Waals surface area (Å²) < 4.78 is 0. The van der Waals surface area contributed by atoms with Gasteiger partial charge in [-0.05, 0) is 36.4 Å². The molecule has 1 heterocycles. The van der Waals surface area contributed by atoms with Crippen molar-refractivity contribution in [3.63, 3.8) is 0 Å². The van der Waals surface area contributed by atoms with Gasteiger partial charge in [0.2, 0.25) is 0 Å². The number of hydrogen-bond acceptors (Lipinski definition) is 4. The van der Waals surface area contributed by atoms with Crippen LogP contribution >= 0.6 is 34.8 Å². The maximum absolute atomic E-state index is 6.34. The minimum Gasteiger partial charge on any atom is -0.261 e. The smallest absolute Gasteiger partial charge is 0.163 e. The van der Waals surface area contributed by atoms with Crippen molar-refractivity contribution in [2.45, 2.75) is 0 Å². The molecule has 4 rings (SSSR count). The molecule has 0 aliphatic heterocycles. The predicted molar refractivity (Wildman–Crippen MR) is 118 cm³/mol. The predicted octanol–water partition coefficient (Wildman–Crippen LogP) is 6.70. The van der Waals surface area contributed by atoms with Gasteiger partial charge in [0.15, 0.2) is 11.6 Å². The Morgan fingerprint density at radius 2 is 1.61 bits per heavy atom. The van der Waals surface area contributed by atoms with E-state index in [1.54, 1.807) is 24.4 Å². The van der Waals surface area contributed by atoms with Crippen molar-refractivity contribution in [2.24, 2.45) is 5.10 Å². The summed E-state index contributed by atoms with van der Waals surface area (Å²) in [6, 6.07) is 20.3. The molecule has 0 amide bonds. The molecule has 0 saturated heterocycles. The Bertz CT molecular complexity index is 1190. The lowest BCUT2D eigenvalue weighted by Crippen LogP contribution is -1.99. The minimum atomic E-state index is 0.480. The maximum Gasteiger partial charge on any atom is 0.163 e. The normalized spacial score (nSPS) is 11.2. The van der Waals surface area contributed by atoms with Gasteiger partial charge < -0.3 is 0 Å². The first-order valence-electron chi connectivity index (χ1n) is 8.37. The van der Waals surface area contributed by atoms with Gasteiger partial charge >= 0.3 is 0 Å². The standard InChI is InChI=1S/C21H13Cl3N4/c22-14-9-10-15(18(24)11-14)20-26-19-8-4-2-6-16(19)21(27-20)28-25-12-13-5-1-3-7-17(13)23/h1-12H,(H,26,27,28). The number of anilines is 1. The van der Waals surface area contributed by atoms with Crippen LogP contribution in [0.1, 0.15) is 5.56 Å². The fourth-order valence-electron chi connectivity index (χ4n) is 2.70. The van der Waals surface area contributed by atoms with Crippen LogP contribution in [0, 0.1) is 0 Å². The zero-order valence-electron chi connectivity index (χ0n) is 14.4. The van der Waals surface area contributed by atoms with E-state index in [1.165, 1.54) is 0 Å². The van der Waals surface area contributed by atoms with Gasteiger partial charge in [-0.25, -0.2) is 9.97 Å². The van der Waals surface area contributed by atoms with E-state index in [9.17, 15) is 0 Å². The number of nitrogens with one attached hydrogen (secondary N) is 1. The summed E-state index contributed by atoms with van der Waals surface area (Å²) in [5.41, 5.74) is 5.26. The summed E-state index contributed by atoms with van der Waals surface area (Å²) in [5, 5.41) is 6.78. The molecule has 0 bridgehead atoms. The van der Waals surface area contributed by atoms with E-state index < -0.39 is 0 Å². The van der Waals surface area contributed by atoms with Crippen LogP contribution in [0.25, 0.3) is 22.3 Å². The van der Waals surface area contributed by atoms with Crippen molar-refractivity contribution in [1.82, 2.24) is 9.97 Å². The Morgan fingerprint density at radius 3 is 2.43 bits per heavy atom. The molecule has 0 aliphatic rings. The topological polar surface area (TPSA) is 50.2 Å². The molecule has 7 heteroatoms. The number of fused-ring (bicyclic) bond motifs is 1. The molecule has 3 aromatic carbocycles. The fraction of sp³-hybridized carbons (Fsp3) is 0. The third kappa shape index (κ3) is 3.94. The van der Waals surface area contributed by atoms with E-state index in [4.69, 9.17) is 34.8 Å². The molecule has 0 fully saturated rings. The molecule has 0 unspecified atom stereocenters. The van der Waals surface area contributed by atoms with Crippen molar-refractivity contribution < 1.29 is 0 Å². The highest BCUT2D eigenvalue weighted by Crippen LogP contribution is 2.31. The summed E-state index contributed by atoms with van der Waals surface area (Å²) in [4.78, 5) is 9.24. The number of halogens is 3. The monoisotopic (exact) mass is 426 g/mol. The summed E-state index contributed by atoms with van der Waals surface area (Å²) in [6.45, 7) is 0. The van der Waals surface area contributed by atoms with E-state index in [-0.39, 0.29) is 0 Å². The molecule has 1 aromatic heterocycles. The number of aromatic nitrogens is 2. The lowest BCUT2D eigenvalue weighted by Gasteiger charge is -2.09. The van der Waals surface area contributed by atoms with Gasteiger partial charge in [-0.15, -0.1) is 0 Å². The van der Waals surface area contributed by atoms with Crippen LogP contribution in [0.15, 0.2) is 71.8 Å². The zero-order chi connectivity index (χ0) is 19.5. The number of hydrazone groups is 1. The molecule has 0 aliphatic carbocycles. The molecule has 138 valence electrons. The van der Waals surface area contributed by atoms with Crippen molar-refractivity contribution in [1.29, 1.82) is 0 Å². The SMILES string of the molecule is Clc1ccc(-c2nc(NN=Cc3ccccc3Cl)c3ccccc3n2)c(Cl)c1. The first-order chi connectivity index (χ1) is 13.6. The summed E-state index contributed by atoms with van der Waals surface area (Å²) >= 11 is 18.5. The number of rotatable bonds is 4. The Balaban J connectivity index is 1.75. The highest BCUT2D eigenvalue weighted by Gasteiger charge is 2.12. The largest absolute Gasteiger partial charge is 0.261 e. The number of para-hydroxylation sites is 1. The molecule has 4 aromatic rings. The van der Waals surface area contributed by atoms with Crippen LogP contribution in [0.2, 0.25) is 15.1 Å². The lowest BCUT2D eigenvalue weighted by molar-refractivity contribution is 1.19. The molecule has 0 saturated carbocycles. The van der Waals surface area contributed by atoms with E-state index in [0.717, 1.165) is 16.5 Å². The number of hydrogen-bond donors (Lipinski definition) is 1. The van der Waals surface area contributed by atoms with E-state index >= 15 is 0 Å². The van der Waals surface area contributed by atoms with Gasteiger partial charge in [0.25, 0.3) is 0 Å². The van der Waals surface area contributed by atoms with Crippen LogP contribution in [-0.4, -0.2) is 16.2 Å². The van der Waals surface area contributed by atoms with Crippen molar-refractivity contribution in [3.05, 3.63) is 87.4 Å². The van der Waals surface area contributed by atoms with Crippen molar-refractivity contribution >= 4 is 57.7 Å². The van der Waals surface area contributed by atoms with Crippen molar-refractivity contribution in [2.75, 3.05) is 5.43 Å². The highest BCUT2D eigenvalue weighted by molar-refractivity contribution is 6.36. The van der Waals surface area contributed by atoms with Gasteiger partial charge in [0.1, 0.15) is 0 Å². The quantitative estimate of drug-likeness (QED) is 0.291. The van der Waals surface area contributed by atoms with E-state index in [1.807, 2.05) is 48.5 Å². The second-order valence-corrected chi connectivity index (χ2v) is 7.18. The van der Waals surface area contributed by atoms with Gasteiger partial charge in [-0.3, -0.25) is 5.43 Å². The third-order valence-electron chi connectivity index (χ3n) is 4.05. The fourth-order valence-corrected chi connectivity index (χ4v) is 3.37. The van der Waals surface area contributed by atoms with Crippen LogP contribution in [0.4, 0.5) is 5.82 Å². The maximum atomic E-state index is 6.34. The number of benzene rings is 3. The Kier molecular flexibility index (Phi) is 5.44. The molecule has 1 N–H and O–H groups in total. The highest BCUT2D eigenvalue weighted by atomic mass is 35.5. The molecular weight excluding hydrogens is 415 g/mol. The van der Waals surface area contributed by atoms with Gasteiger partial charge in [-0.1, -0.05) is 65.1 Å². The summed E-state index contributed by atoms with van der Waals surface area (Å²) in [7, 11) is 0. The minimum absolute atomic E-state index is 0.480. The lowest BCUT2D eigenvalue weighted by atomic mass is 10.2. The van der Waals surface area contributed by atoms with Gasteiger partial charge in [0, 0.05) is 26.6 Å². The molecule has 0 atom stereocenters. The van der Waals surface area contributed by atoms with Crippen LogP contribution in [0.5, 0.6) is 0 Å². The third-order valence-corrected chi connectivity index (χ3v) is 4.95. The number of nitrogens with zero attached hydrogens (tertiary/aromatic N) is 3. The van der Waals surface area contributed by atoms with Crippen LogP contribution in [0.3, 0.4) is 0 Å². The molecule has 0 radical (unpaired) electrons. The van der Waals surface area contributed by atoms with Crippen LogP contribution in [-0.2, 0) is 0 Å². The Hall–Kier alpha value is -2.66. The summed E-state index contributed by atoms with van der Waals surface area (Å²) in [5.74, 6) is 1.05. The molecule has 0 spiro atoms. The molecule has 4 nitrogen and oxygen atoms in total. The van der Waals surface area contributed by atoms with Gasteiger partial charge in [0.05, 0.1) is 16.8 Å². The van der Waals surface area contributed by atoms with Crippen LogP contribution < -0.4 is 5.43 Å². The van der Waals surface area contributed by atoms with Gasteiger partial charge in [-0.2, -0.15) is 5.10 Å². The zero-order valence-corrected chi connectivity index (χ0v) is 16.7. The molecule has 28 heavy (non-hydrogen) atoms. The second-order valence-electron chi connectivity index (χ2n) is 5.93. The van der Waals surface area contributed by atoms with E-state index in [2.05, 4.69) is 20.5 Å².